The number of fused-ring (bicyclic) bond motifs is 1. The minimum absolute atomic E-state index is 0.213. The van der Waals surface area contributed by atoms with Crippen LogP contribution in [0.3, 0.4) is 0 Å². The van der Waals surface area contributed by atoms with Crippen LogP contribution in [0.1, 0.15) is 59.3 Å². The van der Waals surface area contributed by atoms with Gasteiger partial charge in [0.1, 0.15) is 0 Å². The van der Waals surface area contributed by atoms with E-state index in [1.165, 1.54) is 59.0 Å². The Kier molecular flexibility index (Phi) is 8.64. The zero-order valence-electron chi connectivity index (χ0n) is 17.5. The van der Waals surface area contributed by atoms with Gasteiger partial charge in [-0.25, -0.2) is 0 Å². The molecule has 0 amide bonds. The molecule has 0 N–H and O–H groups in total. The van der Waals surface area contributed by atoms with Crippen LogP contribution in [0.15, 0.2) is 17.6 Å². The quantitative estimate of drug-likeness (QED) is 0.382. The molecule has 2 heterocycles. The Morgan fingerprint density at radius 3 is 2.00 bits per heavy atom. The second kappa shape index (κ2) is 10.1. The summed E-state index contributed by atoms with van der Waals surface area (Å²) in [4.78, 5) is 5.02. The van der Waals surface area contributed by atoms with Crippen LogP contribution in [0, 0.1) is 0 Å². The molecular formula is C19H35N3O2S2Sn. The molecule has 0 unspecified atom stereocenters. The standard InChI is InChI=1S/C7H8N3O2S2.3C4H9.Sn/c1-9(2)14(11,12)6-7-10(5-8-6)3-4-13-7;3*1-3-4-2;/h3,5H,1-2H3;3*1,3-4H2,2H3;. The van der Waals surface area contributed by atoms with Gasteiger partial charge in [0.05, 0.1) is 0 Å². The number of aromatic nitrogens is 2. The predicted octanol–water partition coefficient (Wildman–Crippen LogP) is 4.70. The maximum atomic E-state index is 12.7. The zero-order chi connectivity index (χ0) is 20.1. The van der Waals surface area contributed by atoms with Crippen molar-refractivity contribution in [2.75, 3.05) is 14.1 Å². The molecule has 0 fully saturated rings. The van der Waals surface area contributed by atoms with Gasteiger partial charge < -0.3 is 0 Å². The number of rotatable bonds is 12. The number of nitrogens with zero attached hydrogens (tertiary/aromatic N) is 3. The van der Waals surface area contributed by atoms with E-state index in [0.29, 0.717) is 0 Å². The van der Waals surface area contributed by atoms with Crippen molar-refractivity contribution < 1.29 is 8.42 Å². The van der Waals surface area contributed by atoms with Crippen molar-refractivity contribution in [1.82, 2.24) is 13.7 Å². The summed E-state index contributed by atoms with van der Waals surface area (Å²) < 4.78 is 34.2. The first-order valence-electron chi connectivity index (χ1n) is 10.2. The number of imidazole rings is 1. The van der Waals surface area contributed by atoms with Crippen molar-refractivity contribution in [3.05, 3.63) is 12.5 Å². The first kappa shape index (κ1) is 23.2. The number of sulfonamides is 1. The van der Waals surface area contributed by atoms with Crippen molar-refractivity contribution in [3.8, 4) is 0 Å². The van der Waals surface area contributed by atoms with E-state index in [1.807, 2.05) is 4.40 Å². The second-order valence-corrected chi connectivity index (χ2v) is 25.0. The average Bonchev–Trinajstić information content (AvgIpc) is 3.22. The van der Waals surface area contributed by atoms with Gasteiger partial charge in [0, 0.05) is 0 Å². The summed E-state index contributed by atoms with van der Waals surface area (Å²) in [6.45, 7) is 6.84. The minimum atomic E-state index is -3.51. The molecule has 0 saturated carbocycles. The van der Waals surface area contributed by atoms with Crippen molar-refractivity contribution >= 4 is 47.5 Å². The van der Waals surface area contributed by atoms with E-state index in [1.54, 1.807) is 31.8 Å². The van der Waals surface area contributed by atoms with Crippen LogP contribution in [-0.4, -0.2) is 54.6 Å². The van der Waals surface area contributed by atoms with Crippen molar-refractivity contribution in [2.24, 2.45) is 0 Å². The summed E-state index contributed by atoms with van der Waals surface area (Å²) >= 11 is -0.823. The molecular weight excluding hydrogens is 485 g/mol. The van der Waals surface area contributed by atoms with Gasteiger partial charge in [0.15, 0.2) is 0 Å². The Morgan fingerprint density at radius 1 is 1.04 bits per heavy atom. The number of unbranched alkanes of at least 4 members (excludes halogenated alkanes) is 3. The van der Waals surface area contributed by atoms with E-state index in [2.05, 4.69) is 32.0 Å². The molecule has 27 heavy (non-hydrogen) atoms. The maximum absolute atomic E-state index is 12.7. The Morgan fingerprint density at radius 2 is 1.56 bits per heavy atom. The van der Waals surface area contributed by atoms with Crippen LogP contribution in [0.5, 0.6) is 0 Å². The fraction of sp³-hybridized carbons (Fsp3) is 0.737. The van der Waals surface area contributed by atoms with Gasteiger partial charge in [-0.1, -0.05) is 0 Å². The molecule has 0 radical (unpaired) electrons. The molecule has 2 rings (SSSR count). The number of hydrogen-bond donors (Lipinski definition) is 0. The van der Waals surface area contributed by atoms with E-state index in [9.17, 15) is 8.42 Å². The summed E-state index contributed by atoms with van der Waals surface area (Å²) in [5.41, 5.74) is 0. The third kappa shape index (κ3) is 5.08. The number of thiazole rings is 1. The molecule has 0 aromatic carbocycles. The molecule has 0 saturated heterocycles. The van der Waals surface area contributed by atoms with Crippen LogP contribution in [0.25, 0.3) is 4.83 Å². The van der Waals surface area contributed by atoms with Crippen LogP contribution >= 0.6 is 11.3 Å². The topological polar surface area (TPSA) is 54.7 Å². The Balaban J connectivity index is 2.54. The van der Waals surface area contributed by atoms with Crippen molar-refractivity contribution in [1.29, 1.82) is 0 Å². The predicted molar refractivity (Wildman–Crippen MR) is 118 cm³/mol. The molecule has 154 valence electrons. The van der Waals surface area contributed by atoms with E-state index < -0.39 is 28.4 Å². The van der Waals surface area contributed by atoms with Gasteiger partial charge in [-0.05, 0) is 0 Å². The Labute approximate surface area is 173 Å². The van der Waals surface area contributed by atoms with Gasteiger partial charge in [0.2, 0.25) is 0 Å². The van der Waals surface area contributed by atoms with E-state index in [0.717, 1.165) is 4.83 Å². The van der Waals surface area contributed by atoms with Gasteiger partial charge in [-0.15, -0.1) is 0 Å². The summed E-state index contributed by atoms with van der Waals surface area (Å²) in [7, 11) is -0.365. The van der Waals surface area contributed by atoms with E-state index in [-0.39, 0.29) is 5.03 Å². The molecule has 2 aromatic heterocycles. The molecule has 2 aromatic rings. The second-order valence-electron chi connectivity index (χ2n) is 7.74. The molecule has 8 heteroatoms. The van der Waals surface area contributed by atoms with E-state index in [4.69, 9.17) is 0 Å². The molecule has 0 spiro atoms. The number of hydrogen-bond acceptors (Lipinski definition) is 4. The summed E-state index contributed by atoms with van der Waals surface area (Å²) in [6.07, 6.45) is 11.5. The van der Waals surface area contributed by atoms with Crippen LogP contribution in [0.2, 0.25) is 13.3 Å². The molecule has 0 bridgehead atoms. The summed E-state index contributed by atoms with van der Waals surface area (Å²) in [5.74, 6) is 0. The van der Waals surface area contributed by atoms with Crippen LogP contribution in [0.4, 0.5) is 0 Å². The van der Waals surface area contributed by atoms with Crippen LogP contribution in [-0.2, 0) is 10.0 Å². The summed E-state index contributed by atoms with van der Waals surface area (Å²) in [5, 5.41) is 0.213. The Bertz CT molecular complexity index is 805. The van der Waals surface area contributed by atoms with Crippen molar-refractivity contribution in [2.45, 2.75) is 77.6 Å². The molecule has 0 aliphatic carbocycles. The molecule has 0 aliphatic heterocycles. The first-order chi connectivity index (χ1) is 12.8. The average molecular weight is 520 g/mol. The zero-order valence-corrected chi connectivity index (χ0v) is 22.0. The third-order valence-corrected chi connectivity index (χ3v) is 26.6. The SMILES string of the molecule is CCC[CH2][Sn]([CH2]CCC)([CH2]CCC)[c]1cn2cnc(S(=O)(=O)N(C)C)c2s1. The van der Waals surface area contributed by atoms with Crippen LogP contribution < -0.4 is 2.89 Å². The van der Waals surface area contributed by atoms with Gasteiger partial charge in [0.25, 0.3) is 0 Å². The Hall–Kier alpha value is -0.121. The summed E-state index contributed by atoms with van der Waals surface area (Å²) in [6, 6.07) is 0. The fourth-order valence-corrected chi connectivity index (χ4v) is 24.9. The van der Waals surface area contributed by atoms with E-state index >= 15 is 0 Å². The van der Waals surface area contributed by atoms with Crippen molar-refractivity contribution in [3.63, 3.8) is 0 Å². The normalized spacial score (nSPS) is 13.1. The third-order valence-electron chi connectivity index (χ3n) is 5.45. The molecule has 0 atom stereocenters. The van der Waals surface area contributed by atoms with Gasteiger partial charge in [-0.2, -0.15) is 0 Å². The first-order valence-corrected chi connectivity index (χ1v) is 20.0. The van der Waals surface area contributed by atoms with Gasteiger partial charge in [-0.3, -0.25) is 0 Å². The fourth-order valence-electron chi connectivity index (χ4n) is 3.66. The molecule has 5 nitrogen and oxygen atoms in total. The van der Waals surface area contributed by atoms with Gasteiger partial charge >= 0.3 is 174 Å². The molecule has 0 aliphatic rings. The monoisotopic (exact) mass is 521 g/mol.